The summed E-state index contributed by atoms with van der Waals surface area (Å²) in [5.41, 5.74) is 2.19. The smallest absolute Gasteiger partial charge is 0.340 e. The van der Waals surface area contributed by atoms with Crippen LogP contribution < -0.4 is 10.9 Å². The van der Waals surface area contributed by atoms with Crippen LogP contribution in [-0.4, -0.2) is 27.1 Å². The van der Waals surface area contributed by atoms with Crippen LogP contribution in [0.1, 0.15) is 23.6 Å². The normalized spacial score (nSPS) is 12.3. The summed E-state index contributed by atoms with van der Waals surface area (Å²) in [4.78, 5) is 28.2. The van der Waals surface area contributed by atoms with E-state index >= 15 is 0 Å². The second-order valence-corrected chi connectivity index (χ2v) is 7.54. The molecule has 0 fully saturated rings. The minimum Gasteiger partial charge on any atom is -0.508 e. The number of nitrogens with one attached hydrogen (secondary N) is 2. The summed E-state index contributed by atoms with van der Waals surface area (Å²) in [6, 6.07) is 10.3. The average Bonchev–Trinajstić information content (AvgIpc) is 3.07. The van der Waals surface area contributed by atoms with Gasteiger partial charge in [-0.1, -0.05) is 18.2 Å². The second-order valence-electron chi connectivity index (χ2n) is 7.54. The molecule has 154 valence electrons. The van der Waals surface area contributed by atoms with Gasteiger partial charge in [0.1, 0.15) is 17.1 Å². The van der Waals surface area contributed by atoms with Gasteiger partial charge in [0.05, 0.1) is 17.4 Å². The van der Waals surface area contributed by atoms with Crippen molar-refractivity contribution in [3.63, 3.8) is 0 Å². The first kappa shape index (κ1) is 19.6. The van der Waals surface area contributed by atoms with E-state index in [1.807, 2.05) is 37.4 Å². The molecule has 2 heterocycles. The molecular weight excluding hydrogens is 384 g/mol. The van der Waals surface area contributed by atoms with Crippen LogP contribution in [0.5, 0.6) is 11.5 Å². The zero-order valence-electron chi connectivity index (χ0n) is 16.7. The van der Waals surface area contributed by atoms with Crippen LogP contribution in [0.25, 0.3) is 21.9 Å². The van der Waals surface area contributed by atoms with Crippen molar-refractivity contribution in [2.45, 2.75) is 32.7 Å². The highest BCUT2D eigenvalue weighted by molar-refractivity contribution is 5.90. The largest absolute Gasteiger partial charge is 0.508 e. The van der Waals surface area contributed by atoms with Crippen molar-refractivity contribution in [2.75, 3.05) is 0 Å². The van der Waals surface area contributed by atoms with Crippen molar-refractivity contribution in [2.24, 2.45) is 0 Å². The van der Waals surface area contributed by atoms with Crippen LogP contribution in [-0.2, 0) is 17.6 Å². The van der Waals surface area contributed by atoms with Gasteiger partial charge in [-0.05, 0) is 37.5 Å². The molecule has 1 amide bonds. The van der Waals surface area contributed by atoms with Gasteiger partial charge in [0.2, 0.25) is 5.91 Å². The van der Waals surface area contributed by atoms with Gasteiger partial charge >= 0.3 is 5.63 Å². The molecule has 0 saturated carbocycles. The van der Waals surface area contributed by atoms with Gasteiger partial charge in [-0.2, -0.15) is 0 Å². The third-order valence-corrected chi connectivity index (χ3v) is 5.29. The monoisotopic (exact) mass is 406 g/mol. The van der Waals surface area contributed by atoms with Crippen molar-refractivity contribution in [3.8, 4) is 11.5 Å². The van der Waals surface area contributed by atoms with E-state index in [-0.39, 0.29) is 41.0 Å². The van der Waals surface area contributed by atoms with Crippen molar-refractivity contribution in [1.82, 2.24) is 10.3 Å². The first-order chi connectivity index (χ1) is 14.3. The molecule has 1 atom stereocenters. The summed E-state index contributed by atoms with van der Waals surface area (Å²) >= 11 is 0. The fraction of sp³-hybridized carbons (Fsp3) is 0.217. The average molecular weight is 406 g/mol. The Balaban J connectivity index is 1.52. The number of amides is 1. The van der Waals surface area contributed by atoms with Crippen molar-refractivity contribution in [1.29, 1.82) is 0 Å². The van der Waals surface area contributed by atoms with Crippen molar-refractivity contribution < 1.29 is 19.4 Å². The molecule has 0 radical (unpaired) electrons. The Labute approximate surface area is 172 Å². The van der Waals surface area contributed by atoms with E-state index in [9.17, 15) is 19.8 Å². The number of hydrogen-bond donors (Lipinski definition) is 4. The van der Waals surface area contributed by atoms with Crippen molar-refractivity contribution in [3.05, 3.63) is 69.7 Å². The zero-order chi connectivity index (χ0) is 21.4. The number of hydrogen-bond acceptors (Lipinski definition) is 5. The lowest BCUT2D eigenvalue weighted by Crippen LogP contribution is -2.36. The molecule has 2 aromatic heterocycles. The van der Waals surface area contributed by atoms with Gasteiger partial charge in [-0.3, -0.25) is 4.79 Å². The molecule has 0 aliphatic carbocycles. The van der Waals surface area contributed by atoms with Gasteiger partial charge < -0.3 is 24.9 Å². The predicted molar refractivity (Wildman–Crippen MR) is 114 cm³/mol. The maximum absolute atomic E-state index is 12.6. The van der Waals surface area contributed by atoms with Crippen LogP contribution in [0, 0.1) is 6.92 Å². The minimum atomic E-state index is -0.663. The Morgan fingerprint density at radius 3 is 2.80 bits per heavy atom. The number of carbonyl (C=O) groups excluding carboxylic acids is 1. The highest BCUT2D eigenvalue weighted by Gasteiger charge is 2.19. The van der Waals surface area contributed by atoms with Gasteiger partial charge in [-0.15, -0.1) is 0 Å². The van der Waals surface area contributed by atoms with E-state index in [1.165, 1.54) is 12.1 Å². The van der Waals surface area contributed by atoms with Gasteiger partial charge in [-0.25, -0.2) is 4.79 Å². The summed E-state index contributed by atoms with van der Waals surface area (Å²) in [6.45, 7) is 3.55. The lowest BCUT2D eigenvalue weighted by Gasteiger charge is -2.14. The molecule has 0 aliphatic heterocycles. The molecule has 0 unspecified atom stereocenters. The summed E-state index contributed by atoms with van der Waals surface area (Å²) in [7, 11) is 0. The number of aryl methyl sites for hydroxylation is 1. The topological polar surface area (TPSA) is 116 Å². The summed E-state index contributed by atoms with van der Waals surface area (Å²) in [5, 5.41) is 24.1. The number of rotatable bonds is 5. The molecule has 4 N–H and O–H groups in total. The maximum atomic E-state index is 12.6. The number of aromatic nitrogens is 1. The number of carbonyl (C=O) groups is 1. The van der Waals surface area contributed by atoms with Crippen LogP contribution in [0.4, 0.5) is 0 Å². The predicted octanol–water partition coefficient (Wildman–Crippen LogP) is 3.28. The molecule has 0 aliphatic rings. The highest BCUT2D eigenvalue weighted by atomic mass is 16.4. The number of H-pyrrole nitrogens is 1. The Bertz CT molecular complexity index is 1320. The van der Waals surface area contributed by atoms with E-state index in [2.05, 4.69) is 10.3 Å². The Morgan fingerprint density at radius 2 is 2.00 bits per heavy atom. The number of fused-ring (bicyclic) bond motifs is 2. The van der Waals surface area contributed by atoms with Gasteiger partial charge in [0, 0.05) is 35.3 Å². The first-order valence-electron chi connectivity index (χ1n) is 9.66. The molecule has 0 spiro atoms. The zero-order valence-corrected chi connectivity index (χ0v) is 16.7. The minimum absolute atomic E-state index is 0.0758. The number of para-hydroxylation sites is 1. The Kier molecular flexibility index (Phi) is 4.95. The molecular formula is C23H22N2O5. The van der Waals surface area contributed by atoms with E-state index in [4.69, 9.17) is 4.42 Å². The van der Waals surface area contributed by atoms with E-state index in [0.29, 0.717) is 17.4 Å². The van der Waals surface area contributed by atoms with Crippen LogP contribution in [0.3, 0.4) is 0 Å². The summed E-state index contributed by atoms with van der Waals surface area (Å²) in [6.07, 6.45) is 2.41. The van der Waals surface area contributed by atoms with E-state index in [0.717, 1.165) is 16.5 Å². The fourth-order valence-corrected chi connectivity index (χ4v) is 3.88. The molecule has 2 aromatic carbocycles. The molecule has 4 aromatic rings. The molecule has 0 bridgehead atoms. The third kappa shape index (κ3) is 3.61. The molecule has 4 rings (SSSR count). The number of aromatic amines is 1. The third-order valence-electron chi connectivity index (χ3n) is 5.29. The number of aromatic hydroxyl groups is 2. The van der Waals surface area contributed by atoms with Gasteiger partial charge in [0.15, 0.2) is 0 Å². The van der Waals surface area contributed by atoms with Crippen LogP contribution in [0.2, 0.25) is 0 Å². The molecule has 7 heteroatoms. The maximum Gasteiger partial charge on any atom is 0.340 e. The number of phenolic OH excluding ortho intramolecular Hbond substituents is 2. The molecule has 7 nitrogen and oxygen atoms in total. The van der Waals surface area contributed by atoms with Crippen molar-refractivity contribution >= 4 is 27.8 Å². The summed E-state index contributed by atoms with van der Waals surface area (Å²) in [5.74, 6) is -0.727. The molecule has 0 saturated heterocycles. The Morgan fingerprint density at radius 1 is 1.23 bits per heavy atom. The number of benzene rings is 2. The van der Waals surface area contributed by atoms with E-state index < -0.39 is 5.63 Å². The fourth-order valence-electron chi connectivity index (χ4n) is 3.88. The first-order valence-corrected chi connectivity index (χ1v) is 9.66. The lowest BCUT2D eigenvalue weighted by molar-refractivity contribution is -0.121. The van der Waals surface area contributed by atoms with Gasteiger partial charge in [0.25, 0.3) is 0 Å². The Hall–Kier alpha value is -3.74. The van der Waals surface area contributed by atoms with Crippen LogP contribution >= 0.6 is 0 Å². The SMILES string of the molecule is Cc1c(CC(=O)N[C@@H](C)Cc2c[nH]c3ccccc23)c(=O)oc2cc(O)cc(O)c12. The second kappa shape index (κ2) is 7.59. The number of phenols is 2. The van der Waals surface area contributed by atoms with Crippen LogP contribution in [0.15, 0.2) is 51.8 Å². The molecule has 30 heavy (non-hydrogen) atoms. The quantitative estimate of drug-likeness (QED) is 0.380. The summed E-state index contributed by atoms with van der Waals surface area (Å²) < 4.78 is 5.21. The lowest BCUT2D eigenvalue weighted by atomic mass is 10.0. The highest BCUT2D eigenvalue weighted by Crippen LogP contribution is 2.32. The standard InChI is InChI=1S/C23H22N2O5/c1-12(7-14-11-24-18-6-4-3-5-16(14)18)25-21(28)10-17-13(2)22-19(27)8-15(26)9-20(22)30-23(17)29/h3-6,8-9,11-12,24,26-27H,7,10H2,1-2H3,(H,25,28)/t12-/m0/s1. The van der Waals surface area contributed by atoms with E-state index in [1.54, 1.807) is 6.92 Å².